The molecule has 1 aromatic carbocycles. The molecule has 0 bridgehead atoms. The van der Waals surface area contributed by atoms with Crippen molar-refractivity contribution in [2.75, 3.05) is 17.3 Å². The summed E-state index contributed by atoms with van der Waals surface area (Å²) in [4.78, 5) is 10.7. The van der Waals surface area contributed by atoms with Crippen molar-refractivity contribution in [1.82, 2.24) is 0 Å². The van der Waals surface area contributed by atoms with E-state index in [2.05, 4.69) is 11.6 Å². The molecule has 1 unspecified atom stereocenters. The zero-order valence-electron chi connectivity index (χ0n) is 10.4. The summed E-state index contributed by atoms with van der Waals surface area (Å²) in [5, 5.41) is 14.2. The fraction of sp³-hybridized carbons (Fsp3) is 0.500. The van der Waals surface area contributed by atoms with E-state index < -0.39 is 0 Å². The number of rotatable bonds is 6. The van der Waals surface area contributed by atoms with Crippen molar-refractivity contribution in [3.63, 3.8) is 0 Å². The van der Waals surface area contributed by atoms with Gasteiger partial charge in [0.2, 0.25) is 0 Å². The molecule has 0 spiro atoms. The second-order valence-corrected chi connectivity index (χ2v) is 5.04. The summed E-state index contributed by atoms with van der Waals surface area (Å²) in [6, 6.07) is 5.60. The van der Waals surface area contributed by atoms with Crippen LogP contribution in [-0.4, -0.2) is 23.0 Å². The highest BCUT2D eigenvalue weighted by Crippen LogP contribution is 2.28. The van der Waals surface area contributed by atoms with E-state index in [-0.39, 0.29) is 16.7 Å². The average Bonchev–Trinajstić information content (AvgIpc) is 2.25. The molecule has 17 heavy (non-hydrogen) atoms. The van der Waals surface area contributed by atoms with Crippen molar-refractivity contribution in [3.8, 4) is 0 Å². The summed E-state index contributed by atoms with van der Waals surface area (Å²) in [6.45, 7) is 3.80. The van der Waals surface area contributed by atoms with Gasteiger partial charge in [0.05, 0.1) is 4.92 Å². The van der Waals surface area contributed by atoms with Crippen molar-refractivity contribution in [2.45, 2.75) is 26.3 Å². The molecule has 0 aromatic heterocycles. The fourth-order valence-corrected chi connectivity index (χ4v) is 2.24. The van der Waals surface area contributed by atoms with Crippen molar-refractivity contribution < 1.29 is 4.92 Å². The normalized spacial score (nSPS) is 12.2. The van der Waals surface area contributed by atoms with Crippen LogP contribution in [0.15, 0.2) is 18.2 Å². The molecule has 0 amide bonds. The Kier molecular flexibility index (Phi) is 5.28. The van der Waals surface area contributed by atoms with Crippen LogP contribution in [-0.2, 0) is 0 Å². The summed E-state index contributed by atoms with van der Waals surface area (Å²) >= 11 is 1.78. The summed E-state index contributed by atoms with van der Waals surface area (Å²) in [7, 11) is 0. The first-order valence-electron chi connectivity index (χ1n) is 5.55. The maximum Gasteiger partial charge on any atom is 0.295 e. The van der Waals surface area contributed by atoms with Crippen LogP contribution in [0.2, 0.25) is 0 Å². The number of benzene rings is 1. The second-order valence-electron chi connectivity index (χ2n) is 4.06. The van der Waals surface area contributed by atoms with Gasteiger partial charge >= 0.3 is 0 Å². The van der Waals surface area contributed by atoms with E-state index in [0.29, 0.717) is 11.3 Å². The maximum atomic E-state index is 11.0. The van der Waals surface area contributed by atoms with E-state index in [4.69, 9.17) is 0 Å². The molecule has 94 valence electrons. The van der Waals surface area contributed by atoms with Crippen LogP contribution in [0.25, 0.3) is 0 Å². The Morgan fingerprint density at radius 2 is 2.24 bits per heavy atom. The molecular formula is C12H18N2O2S. The second kappa shape index (κ2) is 6.49. The van der Waals surface area contributed by atoms with Gasteiger partial charge < -0.3 is 5.32 Å². The number of aryl methyl sites for hydroxylation is 1. The monoisotopic (exact) mass is 254 g/mol. The van der Waals surface area contributed by atoms with Crippen molar-refractivity contribution >= 4 is 23.1 Å². The zero-order valence-corrected chi connectivity index (χ0v) is 11.2. The molecule has 0 aliphatic rings. The molecule has 1 atom stereocenters. The third-order valence-corrected chi connectivity index (χ3v) is 3.22. The standard InChI is InChI=1S/C12H18N2O2S/c1-9-5-4-6-11(12(9)14(15)16)13-10(2)7-8-17-3/h4-6,10,13H,7-8H2,1-3H3. The van der Waals surface area contributed by atoms with E-state index in [1.54, 1.807) is 30.8 Å². The summed E-state index contributed by atoms with van der Waals surface area (Å²) in [5.74, 6) is 1.05. The van der Waals surface area contributed by atoms with Gasteiger partial charge in [-0.2, -0.15) is 11.8 Å². The van der Waals surface area contributed by atoms with Crippen LogP contribution in [0.4, 0.5) is 11.4 Å². The first-order valence-corrected chi connectivity index (χ1v) is 6.95. The number of hydrogen-bond donors (Lipinski definition) is 1. The van der Waals surface area contributed by atoms with E-state index in [1.165, 1.54) is 0 Å². The topological polar surface area (TPSA) is 55.2 Å². The average molecular weight is 254 g/mol. The van der Waals surface area contributed by atoms with Gasteiger partial charge in [-0.15, -0.1) is 0 Å². The number of nitrogens with zero attached hydrogens (tertiary/aromatic N) is 1. The van der Waals surface area contributed by atoms with Crippen molar-refractivity contribution in [1.29, 1.82) is 0 Å². The number of para-hydroxylation sites is 1. The molecule has 0 aliphatic carbocycles. The van der Waals surface area contributed by atoms with E-state index in [0.717, 1.165) is 12.2 Å². The molecule has 0 radical (unpaired) electrons. The Labute approximate surface area is 106 Å². The van der Waals surface area contributed by atoms with Crippen LogP contribution in [0.5, 0.6) is 0 Å². The van der Waals surface area contributed by atoms with E-state index in [9.17, 15) is 10.1 Å². The molecule has 5 heteroatoms. The number of anilines is 1. The predicted octanol–water partition coefficient (Wildman–Crippen LogP) is 3.46. The molecule has 0 saturated carbocycles. The molecule has 1 aromatic rings. The molecule has 0 fully saturated rings. The highest BCUT2D eigenvalue weighted by Gasteiger charge is 2.17. The zero-order chi connectivity index (χ0) is 12.8. The predicted molar refractivity (Wildman–Crippen MR) is 73.9 cm³/mol. The number of nitro groups is 1. The lowest BCUT2D eigenvalue weighted by Gasteiger charge is -2.15. The van der Waals surface area contributed by atoms with Crippen LogP contribution in [0.1, 0.15) is 18.9 Å². The van der Waals surface area contributed by atoms with Gasteiger partial charge in [-0.25, -0.2) is 0 Å². The number of hydrogen-bond acceptors (Lipinski definition) is 4. The number of nitrogens with one attached hydrogen (secondary N) is 1. The lowest BCUT2D eigenvalue weighted by molar-refractivity contribution is -0.384. The van der Waals surface area contributed by atoms with E-state index >= 15 is 0 Å². The number of thioether (sulfide) groups is 1. The van der Waals surface area contributed by atoms with Gasteiger partial charge in [0, 0.05) is 11.6 Å². The molecule has 1 rings (SSSR count). The fourth-order valence-electron chi connectivity index (χ4n) is 1.65. The Bertz CT molecular complexity index is 396. The highest BCUT2D eigenvalue weighted by atomic mass is 32.2. The molecule has 0 aliphatic heterocycles. The quantitative estimate of drug-likeness (QED) is 0.624. The lowest BCUT2D eigenvalue weighted by Crippen LogP contribution is -2.17. The lowest BCUT2D eigenvalue weighted by atomic mass is 10.1. The van der Waals surface area contributed by atoms with E-state index in [1.807, 2.05) is 13.0 Å². The first-order chi connectivity index (χ1) is 8.06. The first kappa shape index (κ1) is 13.8. The van der Waals surface area contributed by atoms with Gasteiger partial charge in [-0.3, -0.25) is 10.1 Å². The summed E-state index contributed by atoms with van der Waals surface area (Å²) in [6.07, 6.45) is 3.05. The van der Waals surface area contributed by atoms with Gasteiger partial charge in [-0.05, 0) is 38.3 Å². The van der Waals surface area contributed by atoms with Crippen LogP contribution < -0.4 is 5.32 Å². The Morgan fingerprint density at radius 3 is 2.82 bits per heavy atom. The SMILES string of the molecule is CSCCC(C)Nc1cccc(C)c1[N+](=O)[O-]. The van der Waals surface area contributed by atoms with Gasteiger partial charge in [0.1, 0.15) is 5.69 Å². The minimum absolute atomic E-state index is 0.184. The molecule has 0 heterocycles. The summed E-state index contributed by atoms with van der Waals surface area (Å²) in [5.41, 5.74) is 1.49. The Morgan fingerprint density at radius 1 is 1.53 bits per heavy atom. The Hall–Kier alpha value is -1.23. The molecule has 0 saturated heterocycles. The molecular weight excluding hydrogens is 236 g/mol. The minimum atomic E-state index is -0.320. The molecule has 1 N–H and O–H groups in total. The third-order valence-electron chi connectivity index (χ3n) is 2.58. The van der Waals surface area contributed by atoms with Crippen LogP contribution >= 0.6 is 11.8 Å². The van der Waals surface area contributed by atoms with Gasteiger partial charge in [0.15, 0.2) is 0 Å². The summed E-state index contributed by atoms with van der Waals surface area (Å²) < 4.78 is 0. The largest absolute Gasteiger partial charge is 0.377 e. The third kappa shape index (κ3) is 3.93. The Balaban J connectivity index is 2.83. The van der Waals surface area contributed by atoms with Crippen molar-refractivity contribution in [3.05, 3.63) is 33.9 Å². The van der Waals surface area contributed by atoms with Gasteiger partial charge in [-0.1, -0.05) is 12.1 Å². The van der Waals surface area contributed by atoms with Crippen LogP contribution in [0, 0.1) is 17.0 Å². The smallest absolute Gasteiger partial charge is 0.295 e. The van der Waals surface area contributed by atoms with Crippen LogP contribution in [0.3, 0.4) is 0 Å². The van der Waals surface area contributed by atoms with Gasteiger partial charge in [0.25, 0.3) is 5.69 Å². The van der Waals surface area contributed by atoms with Crippen molar-refractivity contribution in [2.24, 2.45) is 0 Å². The minimum Gasteiger partial charge on any atom is -0.377 e. The number of nitro benzene ring substituents is 1. The molecule has 4 nitrogen and oxygen atoms in total. The highest BCUT2D eigenvalue weighted by molar-refractivity contribution is 7.98. The maximum absolute atomic E-state index is 11.0.